The highest BCUT2D eigenvalue weighted by molar-refractivity contribution is 8.00. The summed E-state index contributed by atoms with van der Waals surface area (Å²) >= 11 is 1.62. The second-order valence-corrected chi connectivity index (χ2v) is 5.22. The Balaban J connectivity index is 1.98. The molecule has 17 heavy (non-hydrogen) atoms. The molecule has 2 aromatic heterocycles. The molecule has 0 amide bonds. The van der Waals surface area contributed by atoms with Gasteiger partial charge in [0.1, 0.15) is 5.76 Å². The molecular weight excluding hydrogens is 275 g/mol. The summed E-state index contributed by atoms with van der Waals surface area (Å²) in [7, 11) is 0. The fraction of sp³-hybridized carbons (Fsp3) is 0.375. The fourth-order valence-corrected chi connectivity index (χ4v) is 2.55. The fourth-order valence-electron chi connectivity index (χ4n) is 0.974. The number of hydrogen-bond acceptors (Lipinski definition) is 6. The van der Waals surface area contributed by atoms with E-state index >= 15 is 0 Å². The van der Waals surface area contributed by atoms with E-state index < -0.39 is 11.2 Å². The van der Waals surface area contributed by atoms with Gasteiger partial charge < -0.3 is 4.42 Å². The number of thioether (sulfide) groups is 1. The molecule has 4 nitrogen and oxygen atoms in total. The maximum absolute atomic E-state index is 12.2. The lowest BCUT2D eigenvalue weighted by Crippen LogP contribution is -2.03. The molecular formula is C8H6F3N3OS2. The van der Waals surface area contributed by atoms with E-state index in [9.17, 15) is 13.2 Å². The lowest BCUT2D eigenvalue weighted by molar-refractivity contribution is -0.138. The third-order valence-corrected chi connectivity index (χ3v) is 3.72. The minimum absolute atomic E-state index is 0.244. The van der Waals surface area contributed by atoms with E-state index in [2.05, 4.69) is 15.2 Å². The molecule has 0 bridgehead atoms. The summed E-state index contributed by atoms with van der Waals surface area (Å²) in [5, 5.41) is 5.58. The molecule has 0 fully saturated rings. The standard InChI is InChI=1S/C8H6F3N3OS2/c1-4-2-12-5(15-4)3-16-7-14-13-6(17-7)8(9,10)11/h2H,3H2,1H3. The smallest absolute Gasteiger partial charge is 0.445 e. The Morgan fingerprint density at radius 1 is 1.41 bits per heavy atom. The summed E-state index contributed by atoms with van der Waals surface area (Å²) in [5.74, 6) is 1.45. The van der Waals surface area contributed by atoms with Gasteiger partial charge in [0.05, 0.1) is 11.9 Å². The zero-order valence-corrected chi connectivity index (χ0v) is 10.1. The predicted octanol–water partition coefficient (Wildman–Crippen LogP) is 3.15. The first-order chi connectivity index (χ1) is 7.95. The van der Waals surface area contributed by atoms with Gasteiger partial charge in [-0.25, -0.2) is 4.98 Å². The maximum Gasteiger partial charge on any atom is 0.445 e. The Hall–Kier alpha value is -1.09. The molecule has 0 saturated heterocycles. The van der Waals surface area contributed by atoms with Crippen molar-refractivity contribution >= 4 is 23.1 Å². The highest BCUT2D eigenvalue weighted by Gasteiger charge is 2.35. The lowest BCUT2D eigenvalue weighted by atomic mass is 10.6. The third-order valence-electron chi connectivity index (χ3n) is 1.64. The summed E-state index contributed by atoms with van der Waals surface area (Å²) in [6.45, 7) is 1.74. The minimum Gasteiger partial charge on any atom is -0.445 e. The Morgan fingerprint density at radius 2 is 2.18 bits per heavy atom. The van der Waals surface area contributed by atoms with Gasteiger partial charge in [0.25, 0.3) is 0 Å². The van der Waals surface area contributed by atoms with Crippen LogP contribution in [-0.2, 0) is 11.9 Å². The van der Waals surface area contributed by atoms with E-state index in [4.69, 9.17) is 4.42 Å². The van der Waals surface area contributed by atoms with Gasteiger partial charge in [-0.05, 0) is 6.92 Å². The molecule has 0 aliphatic rings. The van der Waals surface area contributed by atoms with Crippen LogP contribution in [0.3, 0.4) is 0 Å². The van der Waals surface area contributed by atoms with Crippen LogP contribution in [0.1, 0.15) is 16.7 Å². The van der Waals surface area contributed by atoms with Crippen LogP contribution in [0.15, 0.2) is 15.0 Å². The summed E-state index contributed by atoms with van der Waals surface area (Å²) in [6.07, 6.45) is -2.88. The van der Waals surface area contributed by atoms with Crippen molar-refractivity contribution in [2.45, 2.75) is 23.2 Å². The zero-order chi connectivity index (χ0) is 12.5. The van der Waals surface area contributed by atoms with Crippen molar-refractivity contribution in [1.29, 1.82) is 0 Å². The molecule has 0 aliphatic carbocycles. The van der Waals surface area contributed by atoms with E-state index in [-0.39, 0.29) is 4.34 Å². The van der Waals surface area contributed by atoms with Crippen LogP contribution in [0, 0.1) is 6.92 Å². The quantitative estimate of drug-likeness (QED) is 0.809. The van der Waals surface area contributed by atoms with Crippen LogP contribution in [0.25, 0.3) is 0 Å². The van der Waals surface area contributed by atoms with Crippen LogP contribution in [0.2, 0.25) is 0 Å². The molecule has 0 atom stereocenters. The molecule has 0 radical (unpaired) electrons. The van der Waals surface area contributed by atoms with Gasteiger partial charge in [-0.3, -0.25) is 0 Å². The Morgan fingerprint density at radius 3 is 2.71 bits per heavy atom. The van der Waals surface area contributed by atoms with E-state index in [1.807, 2.05) is 0 Å². The van der Waals surface area contributed by atoms with Crippen molar-refractivity contribution in [1.82, 2.24) is 15.2 Å². The normalized spacial score (nSPS) is 12.0. The lowest BCUT2D eigenvalue weighted by Gasteiger charge is -1.97. The highest BCUT2D eigenvalue weighted by atomic mass is 32.2. The molecule has 0 aromatic carbocycles. The number of aryl methyl sites for hydroxylation is 1. The van der Waals surface area contributed by atoms with Crippen molar-refractivity contribution in [2.75, 3.05) is 0 Å². The number of halogens is 3. The number of rotatable bonds is 3. The van der Waals surface area contributed by atoms with E-state index in [0.717, 1.165) is 11.8 Å². The van der Waals surface area contributed by atoms with Crippen LogP contribution in [-0.4, -0.2) is 15.2 Å². The molecule has 2 heterocycles. The van der Waals surface area contributed by atoms with Crippen molar-refractivity contribution in [3.63, 3.8) is 0 Å². The van der Waals surface area contributed by atoms with Gasteiger partial charge in [-0.2, -0.15) is 13.2 Å². The third kappa shape index (κ3) is 3.19. The molecule has 0 N–H and O–H groups in total. The summed E-state index contributed by atoms with van der Waals surface area (Å²) < 4.78 is 42.1. The molecule has 92 valence electrons. The summed E-state index contributed by atoms with van der Waals surface area (Å²) in [4.78, 5) is 3.93. The van der Waals surface area contributed by atoms with Gasteiger partial charge in [-0.15, -0.1) is 10.2 Å². The first-order valence-corrected chi connectivity index (χ1v) is 6.20. The van der Waals surface area contributed by atoms with Crippen LogP contribution in [0.5, 0.6) is 0 Å². The van der Waals surface area contributed by atoms with Crippen molar-refractivity contribution in [3.8, 4) is 0 Å². The molecule has 9 heteroatoms. The van der Waals surface area contributed by atoms with E-state index in [1.165, 1.54) is 0 Å². The molecule has 0 aliphatic heterocycles. The summed E-state index contributed by atoms with van der Waals surface area (Å²) in [6, 6.07) is 0. The number of alkyl halides is 3. The van der Waals surface area contributed by atoms with Crippen LogP contribution in [0.4, 0.5) is 13.2 Å². The largest absolute Gasteiger partial charge is 0.445 e. The van der Waals surface area contributed by atoms with Gasteiger partial charge in [0.2, 0.25) is 10.9 Å². The van der Waals surface area contributed by atoms with Crippen LogP contribution < -0.4 is 0 Å². The van der Waals surface area contributed by atoms with E-state index in [1.54, 1.807) is 13.1 Å². The van der Waals surface area contributed by atoms with Gasteiger partial charge in [0, 0.05) is 0 Å². The first-order valence-electron chi connectivity index (χ1n) is 4.40. The average Bonchev–Trinajstić information content (AvgIpc) is 2.82. The van der Waals surface area contributed by atoms with Gasteiger partial charge >= 0.3 is 6.18 Å². The first kappa shape index (κ1) is 12.4. The maximum atomic E-state index is 12.2. The summed E-state index contributed by atoms with van der Waals surface area (Å²) in [5.41, 5.74) is 0. The second-order valence-electron chi connectivity index (χ2n) is 3.02. The number of aromatic nitrogens is 3. The molecule has 2 rings (SSSR count). The Kier molecular flexibility index (Phi) is 3.38. The minimum atomic E-state index is -4.43. The van der Waals surface area contributed by atoms with Gasteiger partial charge in [0.15, 0.2) is 4.34 Å². The van der Waals surface area contributed by atoms with Crippen molar-refractivity contribution in [3.05, 3.63) is 22.9 Å². The SMILES string of the molecule is Cc1cnc(CSc2nnc(C(F)(F)F)s2)o1. The number of nitrogens with zero attached hydrogens (tertiary/aromatic N) is 3. The Bertz CT molecular complexity index is 508. The average molecular weight is 281 g/mol. The highest BCUT2D eigenvalue weighted by Crippen LogP contribution is 2.35. The predicted molar refractivity (Wildman–Crippen MR) is 55.7 cm³/mol. The molecule has 0 saturated carbocycles. The Labute approximate surface area is 102 Å². The van der Waals surface area contributed by atoms with Crippen LogP contribution >= 0.6 is 23.1 Å². The topological polar surface area (TPSA) is 51.8 Å². The molecule has 0 spiro atoms. The zero-order valence-electron chi connectivity index (χ0n) is 8.48. The number of oxazole rings is 1. The second kappa shape index (κ2) is 4.65. The van der Waals surface area contributed by atoms with Crippen molar-refractivity contribution < 1.29 is 17.6 Å². The van der Waals surface area contributed by atoms with Gasteiger partial charge in [-0.1, -0.05) is 23.1 Å². The number of hydrogen-bond donors (Lipinski definition) is 0. The van der Waals surface area contributed by atoms with E-state index in [0.29, 0.717) is 28.7 Å². The monoisotopic (exact) mass is 281 g/mol. The van der Waals surface area contributed by atoms with Crippen molar-refractivity contribution in [2.24, 2.45) is 0 Å². The molecule has 2 aromatic rings. The molecule has 0 unspecified atom stereocenters.